The lowest BCUT2D eigenvalue weighted by Crippen LogP contribution is -1.91. The highest BCUT2D eigenvalue weighted by molar-refractivity contribution is 5.89. The van der Waals surface area contributed by atoms with Gasteiger partial charge in [0.05, 0.1) is 0 Å². The average molecular weight is 258 g/mol. The van der Waals surface area contributed by atoms with Crippen LogP contribution in [-0.2, 0) is 9.59 Å². The maximum atomic E-state index is 9.55. The topological polar surface area (TPSA) is 74.6 Å². The van der Waals surface area contributed by atoms with Crippen LogP contribution in [0.1, 0.15) is 6.42 Å². The average Bonchev–Trinajstić information content (AvgIpc) is 2.62. The molecular weight excluding hydrogens is 244 g/mol. The monoisotopic (exact) mass is 258 g/mol. The van der Waals surface area contributed by atoms with Crippen LogP contribution in [0.3, 0.4) is 0 Å². The molecule has 2 rings (SSSR count). The van der Waals surface area contributed by atoms with Crippen molar-refractivity contribution in [2.45, 2.75) is 6.42 Å². The lowest BCUT2D eigenvalue weighted by Gasteiger charge is -2.07. The number of aliphatic carboxylic acids is 2. The Balaban J connectivity index is 0.000000203. The normalized spacial score (nSPS) is 15.8. The van der Waals surface area contributed by atoms with E-state index in [4.69, 9.17) is 10.2 Å². The van der Waals surface area contributed by atoms with Gasteiger partial charge in [0.1, 0.15) is 0 Å². The van der Waals surface area contributed by atoms with Gasteiger partial charge in [-0.2, -0.15) is 0 Å². The van der Waals surface area contributed by atoms with E-state index in [2.05, 4.69) is 48.6 Å². The molecule has 0 atom stereocenters. The summed E-state index contributed by atoms with van der Waals surface area (Å²) < 4.78 is 0. The molecule has 0 saturated heterocycles. The molecule has 0 unspecified atom stereocenters. The Morgan fingerprint density at radius 1 is 0.947 bits per heavy atom. The molecule has 4 heteroatoms. The number of hydrogen-bond donors (Lipinski definition) is 2. The van der Waals surface area contributed by atoms with Gasteiger partial charge in [0.25, 0.3) is 0 Å². The Bertz CT molecular complexity index is 512. The Morgan fingerprint density at radius 2 is 1.63 bits per heavy atom. The zero-order valence-electron chi connectivity index (χ0n) is 10.2. The molecule has 0 aromatic heterocycles. The Kier molecular flexibility index (Phi) is 5.82. The highest BCUT2D eigenvalue weighted by Gasteiger charge is 2.02. The van der Waals surface area contributed by atoms with Crippen LogP contribution in [-0.4, -0.2) is 22.2 Å². The van der Waals surface area contributed by atoms with E-state index in [-0.39, 0.29) is 0 Å². The van der Waals surface area contributed by atoms with Crippen molar-refractivity contribution in [1.82, 2.24) is 0 Å². The van der Waals surface area contributed by atoms with Crippen molar-refractivity contribution >= 4 is 11.9 Å². The number of rotatable bonds is 2. The molecule has 0 amide bonds. The highest BCUT2D eigenvalue weighted by Crippen LogP contribution is 2.21. The first-order valence-electron chi connectivity index (χ1n) is 5.64. The van der Waals surface area contributed by atoms with Crippen molar-refractivity contribution < 1.29 is 19.8 Å². The van der Waals surface area contributed by atoms with Crippen molar-refractivity contribution in [3.05, 3.63) is 71.9 Å². The van der Waals surface area contributed by atoms with E-state index in [0.29, 0.717) is 12.2 Å². The van der Waals surface area contributed by atoms with Crippen molar-refractivity contribution in [3.63, 3.8) is 0 Å². The van der Waals surface area contributed by atoms with Gasteiger partial charge in [-0.1, -0.05) is 48.6 Å². The summed E-state index contributed by atoms with van der Waals surface area (Å²) in [4.78, 5) is 19.1. The standard InChI is InChI=1S/C11H10.C4H4O4/c1-2-6-10-8-4-5-9-11(10)7-3-1;5-3(6)1-2-4(7)8/h1-8H,9H2;1-2H,(H,5,6)(H,7,8). The molecular formula is C15H14O4. The molecule has 0 heterocycles. The summed E-state index contributed by atoms with van der Waals surface area (Å²) in [5, 5.41) is 15.6. The Labute approximate surface area is 111 Å². The largest absolute Gasteiger partial charge is 0.478 e. The lowest BCUT2D eigenvalue weighted by atomic mass is 9.98. The molecule has 0 aromatic carbocycles. The van der Waals surface area contributed by atoms with Gasteiger partial charge in [0, 0.05) is 12.2 Å². The molecule has 98 valence electrons. The molecule has 19 heavy (non-hydrogen) atoms. The number of carboxylic acids is 2. The summed E-state index contributed by atoms with van der Waals surface area (Å²) in [6.07, 6.45) is 19.2. The minimum absolute atomic E-state index is 0.558. The molecule has 0 spiro atoms. The summed E-state index contributed by atoms with van der Waals surface area (Å²) in [5.41, 5.74) is 2.76. The van der Waals surface area contributed by atoms with Crippen LogP contribution in [0.5, 0.6) is 0 Å². The van der Waals surface area contributed by atoms with E-state index in [1.54, 1.807) is 0 Å². The molecule has 2 aliphatic rings. The smallest absolute Gasteiger partial charge is 0.328 e. The molecule has 0 radical (unpaired) electrons. The van der Waals surface area contributed by atoms with E-state index in [1.165, 1.54) is 11.1 Å². The molecule has 0 bridgehead atoms. The minimum Gasteiger partial charge on any atom is -0.478 e. The minimum atomic E-state index is -1.26. The second-order valence-electron chi connectivity index (χ2n) is 3.70. The number of carbonyl (C=O) groups is 2. The number of hydrogen-bond acceptors (Lipinski definition) is 2. The first kappa shape index (κ1) is 14.4. The predicted molar refractivity (Wildman–Crippen MR) is 72.6 cm³/mol. The van der Waals surface area contributed by atoms with E-state index < -0.39 is 11.9 Å². The molecule has 0 fully saturated rings. The van der Waals surface area contributed by atoms with Crippen LogP contribution in [0, 0.1) is 0 Å². The molecule has 2 N–H and O–H groups in total. The first-order chi connectivity index (χ1) is 9.09. The van der Waals surface area contributed by atoms with Gasteiger partial charge in [-0.3, -0.25) is 0 Å². The van der Waals surface area contributed by atoms with E-state index >= 15 is 0 Å². The van der Waals surface area contributed by atoms with E-state index in [1.807, 2.05) is 0 Å². The maximum Gasteiger partial charge on any atom is 0.328 e. The van der Waals surface area contributed by atoms with Crippen LogP contribution in [0.15, 0.2) is 71.9 Å². The van der Waals surface area contributed by atoms with Crippen LogP contribution in [0.25, 0.3) is 0 Å². The van der Waals surface area contributed by atoms with Gasteiger partial charge < -0.3 is 10.2 Å². The van der Waals surface area contributed by atoms with Crippen LogP contribution >= 0.6 is 0 Å². The van der Waals surface area contributed by atoms with Crippen molar-refractivity contribution in [2.24, 2.45) is 0 Å². The van der Waals surface area contributed by atoms with E-state index in [0.717, 1.165) is 6.42 Å². The SMILES string of the molecule is C1=CC=C2CC=CC=C2C=C1.O=C(O)C=CC(=O)O. The number of allylic oxidation sites excluding steroid dienone is 10. The van der Waals surface area contributed by atoms with Gasteiger partial charge in [0.2, 0.25) is 0 Å². The summed E-state index contributed by atoms with van der Waals surface area (Å²) in [5.74, 6) is -2.51. The van der Waals surface area contributed by atoms with Crippen molar-refractivity contribution in [3.8, 4) is 0 Å². The van der Waals surface area contributed by atoms with Crippen molar-refractivity contribution in [1.29, 1.82) is 0 Å². The first-order valence-corrected chi connectivity index (χ1v) is 5.64. The molecule has 0 aliphatic heterocycles. The molecule has 0 aromatic rings. The zero-order chi connectivity index (χ0) is 14.1. The van der Waals surface area contributed by atoms with Crippen LogP contribution in [0.4, 0.5) is 0 Å². The molecule has 0 saturated carbocycles. The second kappa shape index (κ2) is 7.66. The fourth-order valence-electron chi connectivity index (χ4n) is 1.46. The third-order valence-corrected chi connectivity index (χ3v) is 2.28. The molecule has 2 aliphatic carbocycles. The third-order valence-electron chi connectivity index (χ3n) is 2.28. The summed E-state index contributed by atoms with van der Waals surface area (Å²) >= 11 is 0. The fourth-order valence-corrected chi connectivity index (χ4v) is 1.46. The van der Waals surface area contributed by atoms with Gasteiger partial charge >= 0.3 is 11.9 Å². The van der Waals surface area contributed by atoms with Crippen molar-refractivity contribution in [2.75, 3.05) is 0 Å². The van der Waals surface area contributed by atoms with Gasteiger partial charge in [-0.25, -0.2) is 9.59 Å². The predicted octanol–water partition coefficient (Wildman–Crippen LogP) is 2.64. The van der Waals surface area contributed by atoms with Gasteiger partial charge in [-0.05, 0) is 17.6 Å². The number of fused-ring (bicyclic) bond motifs is 1. The zero-order valence-corrected chi connectivity index (χ0v) is 10.2. The summed E-state index contributed by atoms with van der Waals surface area (Å²) in [6, 6.07) is 0. The lowest BCUT2D eigenvalue weighted by molar-refractivity contribution is -0.134. The maximum absolute atomic E-state index is 9.55. The van der Waals surface area contributed by atoms with Gasteiger partial charge in [-0.15, -0.1) is 0 Å². The summed E-state index contributed by atoms with van der Waals surface area (Å²) in [6.45, 7) is 0. The van der Waals surface area contributed by atoms with Crippen LogP contribution in [0.2, 0.25) is 0 Å². The van der Waals surface area contributed by atoms with Crippen LogP contribution < -0.4 is 0 Å². The Morgan fingerprint density at radius 3 is 2.26 bits per heavy atom. The quantitative estimate of drug-likeness (QED) is 0.747. The second-order valence-corrected chi connectivity index (χ2v) is 3.70. The number of carboxylic acid groups (broad SMARTS) is 2. The fraction of sp³-hybridized carbons (Fsp3) is 0.0667. The third kappa shape index (κ3) is 6.02. The Hall–Kier alpha value is -2.62. The highest BCUT2D eigenvalue weighted by atomic mass is 16.4. The van der Waals surface area contributed by atoms with Gasteiger partial charge in [0.15, 0.2) is 0 Å². The van der Waals surface area contributed by atoms with E-state index in [9.17, 15) is 9.59 Å². The summed E-state index contributed by atoms with van der Waals surface area (Å²) in [7, 11) is 0. The molecule has 4 nitrogen and oxygen atoms in total.